The van der Waals surface area contributed by atoms with E-state index in [-0.39, 0.29) is 11.1 Å². The van der Waals surface area contributed by atoms with Gasteiger partial charge < -0.3 is 9.73 Å². The molecule has 0 aliphatic carbocycles. The number of rotatable bonds is 3. The van der Waals surface area contributed by atoms with E-state index in [0.29, 0.717) is 22.4 Å². The summed E-state index contributed by atoms with van der Waals surface area (Å²) in [4.78, 5) is 12.7. The smallest absolute Gasteiger partial charge is 0.260 e. The molecule has 0 unspecified atom stereocenters. The Balaban J connectivity index is 2.02. The van der Waals surface area contributed by atoms with Crippen molar-refractivity contribution in [3.63, 3.8) is 0 Å². The number of furan rings is 1. The molecule has 0 aliphatic rings. The van der Waals surface area contributed by atoms with Crippen molar-refractivity contribution >= 4 is 23.2 Å². The van der Waals surface area contributed by atoms with Crippen LogP contribution in [-0.4, -0.2) is 10.5 Å². The summed E-state index contributed by atoms with van der Waals surface area (Å²) in [5.74, 6) is 0.303. The number of anilines is 1. The number of nitrogens with one attached hydrogen (secondary N) is 1. The van der Waals surface area contributed by atoms with Crippen LogP contribution >= 0.6 is 11.6 Å². The number of carbonyl (C=O) groups excluding carboxylic acids is 1. The molecule has 0 atom stereocenters. The number of nitriles is 1. The molecule has 2 aromatic heterocycles. The molecule has 0 radical (unpaired) electrons. The van der Waals surface area contributed by atoms with Crippen LogP contribution in [0.4, 0.5) is 5.69 Å². The summed E-state index contributed by atoms with van der Waals surface area (Å²) in [6, 6.07) is 10.9. The van der Waals surface area contributed by atoms with Crippen LogP contribution in [0.1, 0.15) is 27.2 Å². The molecule has 3 aromatic rings. The molecule has 1 amide bonds. The summed E-state index contributed by atoms with van der Waals surface area (Å²) in [6.07, 6.45) is 3.50. The van der Waals surface area contributed by atoms with Crippen molar-refractivity contribution in [3.05, 3.63) is 70.2 Å². The van der Waals surface area contributed by atoms with Gasteiger partial charge in [0.1, 0.15) is 23.0 Å². The average Bonchev–Trinajstić information content (AvgIpc) is 3.17. The van der Waals surface area contributed by atoms with Gasteiger partial charge in [-0.25, -0.2) is 0 Å². The van der Waals surface area contributed by atoms with Crippen molar-refractivity contribution in [1.29, 1.82) is 5.26 Å². The average molecular weight is 340 g/mol. The first-order chi connectivity index (χ1) is 11.5. The highest BCUT2D eigenvalue weighted by atomic mass is 35.5. The molecule has 0 spiro atoms. The molecule has 24 heavy (non-hydrogen) atoms. The summed E-state index contributed by atoms with van der Waals surface area (Å²) in [7, 11) is 0. The zero-order chi connectivity index (χ0) is 17.3. The van der Waals surface area contributed by atoms with Crippen LogP contribution in [-0.2, 0) is 0 Å². The van der Waals surface area contributed by atoms with Crippen LogP contribution in [0.2, 0.25) is 5.02 Å². The number of amides is 1. The van der Waals surface area contributed by atoms with Crippen molar-refractivity contribution in [1.82, 2.24) is 4.57 Å². The van der Waals surface area contributed by atoms with E-state index in [1.165, 1.54) is 0 Å². The third-order valence-electron chi connectivity index (χ3n) is 3.69. The van der Waals surface area contributed by atoms with Crippen molar-refractivity contribution < 1.29 is 9.21 Å². The van der Waals surface area contributed by atoms with E-state index >= 15 is 0 Å². The number of nitrogens with zero attached hydrogens (tertiary/aromatic N) is 2. The van der Waals surface area contributed by atoms with E-state index in [1.54, 1.807) is 36.0 Å². The van der Waals surface area contributed by atoms with E-state index in [2.05, 4.69) is 11.4 Å². The first-order valence-electron chi connectivity index (χ1n) is 7.25. The third kappa shape index (κ3) is 2.80. The highest BCUT2D eigenvalue weighted by Crippen LogP contribution is 2.27. The van der Waals surface area contributed by atoms with Crippen LogP contribution in [0.3, 0.4) is 0 Å². The second-order valence-electron chi connectivity index (χ2n) is 5.33. The van der Waals surface area contributed by atoms with E-state index in [4.69, 9.17) is 16.0 Å². The van der Waals surface area contributed by atoms with Gasteiger partial charge >= 0.3 is 0 Å². The van der Waals surface area contributed by atoms with E-state index in [0.717, 1.165) is 5.56 Å². The fraction of sp³-hybridized carbons (Fsp3) is 0.111. The topological polar surface area (TPSA) is 71.0 Å². The fourth-order valence-electron chi connectivity index (χ4n) is 2.47. The normalized spacial score (nSPS) is 10.4. The van der Waals surface area contributed by atoms with E-state index in [1.807, 2.05) is 25.1 Å². The SMILES string of the molecule is Cc1ccc(Cl)cc1NC(=O)c1c(C)oc(-n2cccc2)c1C#N. The van der Waals surface area contributed by atoms with E-state index in [9.17, 15) is 10.1 Å². The zero-order valence-corrected chi connectivity index (χ0v) is 13.9. The lowest BCUT2D eigenvalue weighted by molar-refractivity contribution is 0.102. The second kappa shape index (κ2) is 6.26. The molecule has 3 rings (SSSR count). The lowest BCUT2D eigenvalue weighted by Crippen LogP contribution is -2.14. The maximum absolute atomic E-state index is 12.7. The molecule has 1 N–H and O–H groups in total. The first-order valence-corrected chi connectivity index (χ1v) is 7.63. The Morgan fingerprint density at radius 3 is 2.67 bits per heavy atom. The van der Waals surface area contributed by atoms with Crippen LogP contribution in [0.15, 0.2) is 47.1 Å². The minimum Gasteiger partial charge on any atom is -0.443 e. The molecule has 0 aliphatic heterocycles. The molecule has 0 bridgehead atoms. The van der Waals surface area contributed by atoms with Gasteiger partial charge in [0.2, 0.25) is 5.88 Å². The standard InChI is InChI=1S/C18H14ClN3O2/c1-11-5-6-13(19)9-15(11)21-17(23)16-12(2)24-18(14(16)10-20)22-7-3-4-8-22/h3-9H,1-2H3,(H,21,23). The minimum atomic E-state index is -0.406. The molecule has 1 aromatic carbocycles. The minimum absolute atomic E-state index is 0.195. The fourth-order valence-corrected chi connectivity index (χ4v) is 2.64. The van der Waals surface area contributed by atoms with Crippen LogP contribution in [0, 0.1) is 25.2 Å². The lowest BCUT2D eigenvalue weighted by atomic mass is 10.1. The van der Waals surface area contributed by atoms with E-state index < -0.39 is 5.91 Å². The Morgan fingerprint density at radius 2 is 2.00 bits per heavy atom. The highest BCUT2D eigenvalue weighted by Gasteiger charge is 2.24. The third-order valence-corrected chi connectivity index (χ3v) is 3.93. The zero-order valence-electron chi connectivity index (χ0n) is 13.1. The molecule has 0 saturated heterocycles. The predicted molar refractivity (Wildman–Crippen MR) is 91.6 cm³/mol. The number of halogens is 1. The second-order valence-corrected chi connectivity index (χ2v) is 5.77. The van der Waals surface area contributed by atoms with Gasteiger partial charge in [-0.2, -0.15) is 5.26 Å². The molecular formula is C18H14ClN3O2. The Labute approximate surface area is 144 Å². The maximum atomic E-state index is 12.7. The number of aromatic nitrogens is 1. The first kappa shape index (κ1) is 15.9. The molecule has 6 heteroatoms. The van der Waals surface area contributed by atoms with Crippen LogP contribution in [0.25, 0.3) is 5.88 Å². The summed E-state index contributed by atoms with van der Waals surface area (Å²) in [6.45, 7) is 3.53. The lowest BCUT2D eigenvalue weighted by Gasteiger charge is -2.08. The number of aryl methyl sites for hydroxylation is 2. The largest absolute Gasteiger partial charge is 0.443 e. The number of hydrogen-bond acceptors (Lipinski definition) is 3. The van der Waals surface area contributed by atoms with Crippen LogP contribution in [0.5, 0.6) is 0 Å². The monoisotopic (exact) mass is 339 g/mol. The summed E-state index contributed by atoms with van der Waals surface area (Å²) in [5, 5.41) is 12.8. The van der Waals surface area contributed by atoms with Crippen molar-refractivity contribution in [2.75, 3.05) is 5.32 Å². The molecule has 120 valence electrons. The van der Waals surface area contributed by atoms with Gasteiger partial charge in [-0.05, 0) is 43.7 Å². The molecule has 0 fully saturated rings. The van der Waals surface area contributed by atoms with Crippen molar-refractivity contribution in [2.45, 2.75) is 13.8 Å². The molecular weight excluding hydrogens is 326 g/mol. The van der Waals surface area contributed by atoms with Gasteiger partial charge in [-0.15, -0.1) is 0 Å². The quantitative estimate of drug-likeness (QED) is 0.765. The van der Waals surface area contributed by atoms with Gasteiger partial charge in [0.05, 0.1) is 0 Å². The Kier molecular flexibility index (Phi) is 4.15. The van der Waals surface area contributed by atoms with Gasteiger partial charge in [0.15, 0.2) is 0 Å². The Bertz CT molecular complexity index is 950. The summed E-state index contributed by atoms with van der Waals surface area (Å²) >= 11 is 5.98. The van der Waals surface area contributed by atoms with Gasteiger partial charge in [-0.3, -0.25) is 9.36 Å². The number of hydrogen-bond donors (Lipinski definition) is 1. The van der Waals surface area contributed by atoms with Crippen molar-refractivity contribution in [3.8, 4) is 12.0 Å². The maximum Gasteiger partial charge on any atom is 0.260 e. The molecule has 0 saturated carbocycles. The highest BCUT2D eigenvalue weighted by molar-refractivity contribution is 6.31. The molecule has 5 nitrogen and oxygen atoms in total. The molecule has 2 heterocycles. The van der Waals surface area contributed by atoms with Crippen molar-refractivity contribution in [2.24, 2.45) is 0 Å². The Hall–Kier alpha value is -2.97. The van der Waals surface area contributed by atoms with Gasteiger partial charge in [0, 0.05) is 23.1 Å². The number of benzene rings is 1. The predicted octanol–water partition coefficient (Wildman–Crippen LogP) is 4.46. The number of carbonyl (C=O) groups is 1. The van der Waals surface area contributed by atoms with Gasteiger partial charge in [0.25, 0.3) is 5.91 Å². The summed E-state index contributed by atoms with van der Waals surface area (Å²) < 4.78 is 7.31. The van der Waals surface area contributed by atoms with Gasteiger partial charge in [-0.1, -0.05) is 17.7 Å². The van der Waals surface area contributed by atoms with Crippen LogP contribution < -0.4 is 5.32 Å². The Morgan fingerprint density at radius 1 is 1.29 bits per heavy atom. The summed E-state index contributed by atoms with van der Waals surface area (Å²) in [5.41, 5.74) is 1.89.